The molecule has 0 saturated heterocycles. The summed E-state index contributed by atoms with van der Waals surface area (Å²) in [5.74, 6) is -1.02. The predicted molar refractivity (Wildman–Crippen MR) is 117 cm³/mol. The highest BCUT2D eigenvalue weighted by Gasteiger charge is 2.22. The molecule has 2 atom stereocenters. The van der Waals surface area contributed by atoms with Crippen molar-refractivity contribution in [2.75, 3.05) is 0 Å². The van der Waals surface area contributed by atoms with E-state index >= 15 is 0 Å². The van der Waals surface area contributed by atoms with Crippen LogP contribution in [0.2, 0.25) is 0 Å². The number of benzene rings is 1. The first kappa shape index (κ1) is 23.2. The lowest BCUT2D eigenvalue weighted by atomic mass is 9.98. The fourth-order valence-corrected chi connectivity index (χ4v) is 3.34. The second-order valence-electron chi connectivity index (χ2n) is 7.70. The van der Waals surface area contributed by atoms with Gasteiger partial charge in [0, 0.05) is 29.9 Å². The standard InChI is InChI=1S/C23H25FN4O4/c1-14(2)22-19(8-7-17(29)11-18(30)12-21(31)32)23(15-3-5-16(24)6-4-15)28(27-22)20-13-25-9-10-26-20/h3-10,13-14,17-18,29-30H,11-12H2,1-2H3,(H,31,32)/b8-7+/t17-,18-/m1/s1. The Morgan fingerprint density at radius 2 is 1.91 bits per heavy atom. The molecule has 1 aromatic carbocycles. The van der Waals surface area contributed by atoms with Gasteiger partial charge in [0.25, 0.3) is 0 Å². The number of aromatic nitrogens is 4. The number of aliphatic hydroxyl groups is 2. The Bertz CT molecular complexity index is 1080. The number of nitrogens with zero attached hydrogens (tertiary/aromatic N) is 4. The second-order valence-corrected chi connectivity index (χ2v) is 7.70. The van der Waals surface area contributed by atoms with Gasteiger partial charge in [0.2, 0.25) is 0 Å². The minimum atomic E-state index is -1.17. The van der Waals surface area contributed by atoms with Crippen LogP contribution in [0.3, 0.4) is 0 Å². The zero-order valence-electron chi connectivity index (χ0n) is 17.8. The highest BCUT2D eigenvalue weighted by atomic mass is 19.1. The summed E-state index contributed by atoms with van der Waals surface area (Å²) in [5.41, 5.74) is 2.76. The molecular weight excluding hydrogens is 415 g/mol. The van der Waals surface area contributed by atoms with Gasteiger partial charge in [-0.2, -0.15) is 5.10 Å². The smallest absolute Gasteiger partial charge is 0.305 e. The molecule has 0 aliphatic rings. The molecule has 0 aliphatic carbocycles. The molecular formula is C23H25FN4O4. The lowest BCUT2D eigenvalue weighted by Crippen LogP contribution is -2.19. The van der Waals surface area contributed by atoms with E-state index < -0.39 is 24.6 Å². The molecule has 0 aliphatic heterocycles. The number of rotatable bonds is 9. The molecule has 3 aromatic rings. The summed E-state index contributed by atoms with van der Waals surface area (Å²) in [6, 6.07) is 5.97. The molecule has 2 heterocycles. The molecule has 0 spiro atoms. The molecule has 8 nitrogen and oxygen atoms in total. The van der Waals surface area contributed by atoms with Crippen molar-refractivity contribution in [1.82, 2.24) is 19.7 Å². The highest BCUT2D eigenvalue weighted by molar-refractivity contribution is 5.75. The summed E-state index contributed by atoms with van der Waals surface area (Å²) >= 11 is 0. The zero-order chi connectivity index (χ0) is 23.3. The highest BCUT2D eigenvalue weighted by Crippen LogP contribution is 2.33. The molecule has 32 heavy (non-hydrogen) atoms. The normalized spacial score (nSPS) is 13.6. The predicted octanol–water partition coefficient (Wildman–Crippen LogP) is 3.19. The summed E-state index contributed by atoms with van der Waals surface area (Å²) < 4.78 is 15.2. The van der Waals surface area contributed by atoms with Gasteiger partial charge in [0.15, 0.2) is 5.82 Å². The Balaban J connectivity index is 2.08. The zero-order valence-corrected chi connectivity index (χ0v) is 17.8. The Kier molecular flexibility index (Phi) is 7.45. The fraction of sp³-hybridized carbons (Fsp3) is 0.304. The number of aliphatic hydroxyl groups excluding tert-OH is 2. The Labute approximate surface area is 184 Å². The van der Waals surface area contributed by atoms with E-state index in [1.165, 1.54) is 18.2 Å². The van der Waals surface area contributed by atoms with Gasteiger partial charge in [-0.3, -0.25) is 9.78 Å². The average Bonchev–Trinajstić information content (AvgIpc) is 3.12. The van der Waals surface area contributed by atoms with Gasteiger partial charge in [0.05, 0.1) is 36.2 Å². The summed E-state index contributed by atoms with van der Waals surface area (Å²) in [4.78, 5) is 19.2. The molecule has 9 heteroatoms. The molecule has 3 N–H and O–H groups in total. The summed E-state index contributed by atoms with van der Waals surface area (Å²) in [7, 11) is 0. The van der Waals surface area contributed by atoms with Gasteiger partial charge >= 0.3 is 5.97 Å². The maximum atomic E-state index is 13.6. The van der Waals surface area contributed by atoms with Gasteiger partial charge in [-0.1, -0.05) is 26.0 Å². The lowest BCUT2D eigenvalue weighted by Gasteiger charge is -2.11. The van der Waals surface area contributed by atoms with Crippen molar-refractivity contribution in [3.63, 3.8) is 0 Å². The van der Waals surface area contributed by atoms with E-state index in [1.54, 1.807) is 41.5 Å². The molecule has 0 unspecified atom stereocenters. The largest absolute Gasteiger partial charge is 0.481 e. The number of carbonyl (C=O) groups is 1. The third-order valence-electron chi connectivity index (χ3n) is 4.79. The van der Waals surface area contributed by atoms with Gasteiger partial charge < -0.3 is 15.3 Å². The van der Waals surface area contributed by atoms with E-state index in [1.807, 2.05) is 13.8 Å². The van der Waals surface area contributed by atoms with Gasteiger partial charge in [0.1, 0.15) is 5.82 Å². The number of hydrogen-bond donors (Lipinski definition) is 3. The molecule has 0 fully saturated rings. The topological polar surface area (TPSA) is 121 Å². The van der Waals surface area contributed by atoms with Crippen molar-refractivity contribution in [3.8, 4) is 17.1 Å². The molecule has 0 saturated carbocycles. The fourth-order valence-electron chi connectivity index (χ4n) is 3.34. The van der Waals surface area contributed by atoms with Crippen molar-refractivity contribution in [3.05, 3.63) is 66.0 Å². The quantitative estimate of drug-likeness (QED) is 0.467. The summed E-state index contributed by atoms with van der Waals surface area (Å²) in [6.07, 6.45) is 5.03. The van der Waals surface area contributed by atoms with Crippen molar-refractivity contribution in [2.45, 2.75) is 44.8 Å². The third-order valence-corrected chi connectivity index (χ3v) is 4.79. The van der Waals surface area contributed by atoms with Crippen LogP contribution in [0.1, 0.15) is 43.9 Å². The number of aliphatic carboxylic acids is 1. The monoisotopic (exact) mass is 440 g/mol. The molecule has 0 bridgehead atoms. The lowest BCUT2D eigenvalue weighted by molar-refractivity contribution is -0.139. The van der Waals surface area contributed by atoms with E-state index in [9.17, 15) is 19.4 Å². The van der Waals surface area contributed by atoms with Crippen molar-refractivity contribution >= 4 is 12.0 Å². The van der Waals surface area contributed by atoms with Crippen LogP contribution >= 0.6 is 0 Å². The van der Waals surface area contributed by atoms with Crippen LogP contribution in [-0.2, 0) is 4.79 Å². The number of halogens is 1. The number of carboxylic acid groups (broad SMARTS) is 1. The van der Waals surface area contributed by atoms with Crippen molar-refractivity contribution < 1.29 is 24.5 Å². The van der Waals surface area contributed by atoms with Gasteiger partial charge in [-0.15, -0.1) is 0 Å². The van der Waals surface area contributed by atoms with Gasteiger partial charge in [-0.05, 0) is 30.2 Å². The Morgan fingerprint density at radius 3 is 2.50 bits per heavy atom. The van der Waals surface area contributed by atoms with E-state index in [0.29, 0.717) is 22.6 Å². The van der Waals surface area contributed by atoms with Crippen LogP contribution in [0, 0.1) is 5.82 Å². The number of carboxylic acids is 1. The number of hydrogen-bond acceptors (Lipinski definition) is 6. The minimum Gasteiger partial charge on any atom is -0.481 e. The minimum absolute atomic E-state index is 0.0153. The molecule has 2 aromatic heterocycles. The summed E-state index contributed by atoms with van der Waals surface area (Å²) in [6.45, 7) is 3.95. The maximum Gasteiger partial charge on any atom is 0.305 e. The van der Waals surface area contributed by atoms with E-state index in [2.05, 4.69) is 9.97 Å². The second kappa shape index (κ2) is 10.3. The first-order valence-corrected chi connectivity index (χ1v) is 10.2. The van der Waals surface area contributed by atoms with E-state index in [0.717, 1.165) is 5.69 Å². The van der Waals surface area contributed by atoms with Crippen LogP contribution in [0.25, 0.3) is 23.2 Å². The van der Waals surface area contributed by atoms with Crippen LogP contribution in [0.4, 0.5) is 4.39 Å². The van der Waals surface area contributed by atoms with Gasteiger partial charge in [-0.25, -0.2) is 14.1 Å². The van der Waals surface area contributed by atoms with E-state index in [4.69, 9.17) is 10.2 Å². The Morgan fingerprint density at radius 1 is 1.19 bits per heavy atom. The van der Waals surface area contributed by atoms with Crippen molar-refractivity contribution in [2.24, 2.45) is 0 Å². The van der Waals surface area contributed by atoms with Crippen LogP contribution in [-0.4, -0.2) is 53.2 Å². The van der Waals surface area contributed by atoms with Crippen LogP contribution < -0.4 is 0 Å². The van der Waals surface area contributed by atoms with E-state index in [-0.39, 0.29) is 18.2 Å². The molecule has 3 rings (SSSR count). The van der Waals surface area contributed by atoms with Crippen LogP contribution in [0.5, 0.6) is 0 Å². The molecule has 0 radical (unpaired) electrons. The van der Waals surface area contributed by atoms with Crippen LogP contribution in [0.15, 0.2) is 48.9 Å². The molecule has 168 valence electrons. The third kappa shape index (κ3) is 5.63. The SMILES string of the molecule is CC(C)c1nn(-c2cnccn2)c(-c2ccc(F)cc2)c1/C=C/[C@@H](O)C[C@@H](O)CC(=O)O. The first-order valence-electron chi connectivity index (χ1n) is 10.2. The maximum absolute atomic E-state index is 13.6. The average molecular weight is 440 g/mol. The van der Waals surface area contributed by atoms with Crippen molar-refractivity contribution in [1.29, 1.82) is 0 Å². The molecule has 0 amide bonds. The Hall–Kier alpha value is -3.43. The first-order chi connectivity index (χ1) is 15.3. The summed E-state index contributed by atoms with van der Waals surface area (Å²) in [5, 5.41) is 33.6.